The maximum Gasteiger partial charge on any atom is 0.314 e. The van der Waals surface area contributed by atoms with Crippen LogP contribution in [0.1, 0.15) is 30.7 Å². The van der Waals surface area contributed by atoms with Gasteiger partial charge in [-0.1, -0.05) is 30.3 Å². The minimum absolute atomic E-state index is 0.0487. The van der Waals surface area contributed by atoms with E-state index in [1.54, 1.807) is 0 Å². The summed E-state index contributed by atoms with van der Waals surface area (Å²) < 4.78 is 0. The number of hydrogen-bond acceptors (Lipinski definition) is 2. The van der Waals surface area contributed by atoms with Crippen molar-refractivity contribution in [1.82, 2.24) is 10.6 Å². The van der Waals surface area contributed by atoms with Crippen molar-refractivity contribution < 1.29 is 14.7 Å². The molecule has 0 aliphatic heterocycles. The molecule has 3 N–H and O–H groups in total. The van der Waals surface area contributed by atoms with E-state index in [1.807, 2.05) is 6.07 Å². The van der Waals surface area contributed by atoms with Gasteiger partial charge in [0.15, 0.2) is 0 Å². The number of aliphatic carboxylic acids is 1. The van der Waals surface area contributed by atoms with Crippen LogP contribution in [0.3, 0.4) is 0 Å². The Morgan fingerprint density at radius 1 is 1.15 bits per heavy atom. The molecule has 5 nitrogen and oxygen atoms in total. The quantitative estimate of drug-likeness (QED) is 0.743. The zero-order valence-corrected chi connectivity index (χ0v) is 11.3. The first-order chi connectivity index (χ1) is 9.65. The van der Waals surface area contributed by atoms with Crippen LogP contribution in [0.5, 0.6) is 0 Å². The average Bonchev–Trinajstić information content (AvgIpc) is 2.37. The summed E-state index contributed by atoms with van der Waals surface area (Å²) in [4.78, 5) is 21.7. The molecule has 1 aromatic carbocycles. The van der Waals surface area contributed by atoms with Crippen LogP contribution in [-0.2, 0) is 4.79 Å². The van der Waals surface area contributed by atoms with Gasteiger partial charge in [-0.2, -0.15) is 0 Å². The number of hydrogen-bond donors (Lipinski definition) is 3. The van der Waals surface area contributed by atoms with Crippen molar-refractivity contribution in [3.63, 3.8) is 0 Å². The summed E-state index contributed by atoms with van der Waals surface area (Å²) in [5, 5.41) is 13.8. The van der Waals surface area contributed by atoms with E-state index in [-0.39, 0.29) is 19.0 Å². The summed E-state index contributed by atoms with van der Waals surface area (Å²) in [5.74, 6) is 0.221. The smallest absolute Gasteiger partial charge is 0.314 e. The molecule has 20 heavy (non-hydrogen) atoms. The minimum atomic E-state index is -0.907. The SMILES string of the molecule is O=C(O)CCNC(=O)NCC1CC(c2ccccc2)C1. The van der Waals surface area contributed by atoms with Crippen molar-refractivity contribution in [3.05, 3.63) is 35.9 Å². The Labute approximate surface area is 118 Å². The summed E-state index contributed by atoms with van der Waals surface area (Å²) in [6.07, 6.45) is 2.14. The molecule has 0 heterocycles. The van der Waals surface area contributed by atoms with Crippen molar-refractivity contribution in [1.29, 1.82) is 0 Å². The van der Waals surface area contributed by atoms with Crippen LogP contribution in [0, 0.1) is 5.92 Å². The molecule has 2 rings (SSSR count). The number of carboxylic acid groups (broad SMARTS) is 1. The maximum absolute atomic E-state index is 11.4. The third-order valence-corrected chi connectivity index (χ3v) is 3.68. The van der Waals surface area contributed by atoms with Crippen LogP contribution in [0.25, 0.3) is 0 Å². The summed E-state index contributed by atoms with van der Waals surface area (Å²) in [7, 11) is 0. The van der Waals surface area contributed by atoms with Crippen molar-refractivity contribution in [2.45, 2.75) is 25.2 Å². The van der Waals surface area contributed by atoms with Gasteiger partial charge in [-0.05, 0) is 30.2 Å². The van der Waals surface area contributed by atoms with Gasteiger partial charge >= 0.3 is 12.0 Å². The number of urea groups is 1. The second-order valence-electron chi connectivity index (χ2n) is 5.23. The maximum atomic E-state index is 11.4. The van der Waals surface area contributed by atoms with Crippen LogP contribution >= 0.6 is 0 Å². The largest absolute Gasteiger partial charge is 0.481 e. The molecule has 1 aliphatic carbocycles. The van der Waals surface area contributed by atoms with Gasteiger partial charge in [0.2, 0.25) is 0 Å². The van der Waals surface area contributed by atoms with Crippen LogP contribution in [-0.4, -0.2) is 30.2 Å². The van der Waals surface area contributed by atoms with E-state index in [0.717, 1.165) is 12.8 Å². The summed E-state index contributed by atoms with van der Waals surface area (Å²) >= 11 is 0. The van der Waals surface area contributed by atoms with Gasteiger partial charge in [0.25, 0.3) is 0 Å². The lowest BCUT2D eigenvalue weighted by molar-refractivity contribution is -0.136. The molecule has 1 saturated carbocycles. The van der Waals surface area contributed by atoms with Gasteiger partial charge in [0.05, 0.1) is 6.42 Å². The lowest BCUT2D eigenvalue weighted by atomic mass is 9.71. The molecule has 0 saturated heterocycles. The highest BCUT2D eigenvalue weighted by molar-refractivity contribution is 5.74. The van der Waals surface area contributed by atoms with Gasteiger partial charge in [-0.15, -0.1) is 0 Å². The van der Waals surface area contributed by atoms with Gasteiger partial charge in [-0.3, -0.25) is 4.79 Å². The summed E-state index contributed by atoms with van der Waals surface area (Å²) in [5.41, 5.74) is 1.37. The first kappa shape index (κ1) is 14.4. The fraction of sp³-hybridized carbons (Fsp3) is 0.467. The lowest BCUT2D eigenvalue weighted by Crippen LogP contribution is -2.41. The van der Waals surface area contributed by atoms with Crippen molar-refractivity contribution >= 4 is 12.0 Å². The fourth-order valence-electron chi connectivity index (χ4n) is 2.48. The van der Waals surface area contributed by atoms with E-state index in [9.17, 15) is 9.59 Å². The zero-order chi connectivity index (χ0) is 14.4. The second-order valence-corrected chi connectivity index (χ2v) is 5.23. The molecule has 0 aromatic heterocycles. The summed E-state index contributed by atoms with van der Waals surface area (Å²) in [6, 6.07) is 10.1. The lowest BCUT2D eigenvalue weighted by Gasteiger charge is -2.35. The molecular formula is C15H20N2O3. The molecule has 1 fully saturated rings. The van der Waals surface area contributed by atoms with E-state index in [4.69, 9.17) is 5.11 Å². The number of amides is 2. The Balaban J connectivity index is 1.58. The molecule has 108 valence electrons. The van der Waals surface area contributed by atoms with E-state index < -0.39 is 5.97 Å². The zero-order valence-electron chi connectivity index (χ0n) is 11.3. The molecule has 0 atom stereocenters. The van der Waals surface area contributed by atoms with Gasteiger partial charge in [-0.25, -0.2) is 4.79 Å². The Morgan fingerprint density at radius 3 is 2.50 bits per heavy atom. The van der Waals surface area contributed by atoms with Gasteiger partial charge in [0.1, 0.15) is 0 Å². The van der Waals surface area contributed by atoms with E-state index >= 15 is 0 Å². The second kappa shape index (κ2) is 6.93. The first-order valence-corrected chi connectivity index (χ1v) is 6.93. The van der Waals surface area contributed by atoms with Crippen LogP contribution < -0.4 is 10.6 Å². The number of nitrogens with one attached hydrogen (secondary N) is 2. The van der Waals surface area contributed by atoms with Crippen molar-refractivity contribution in [3.8, 4) is 0 Å². The Morgan fingerprint density at radius 2 is 1.85 bits per heavy atom. The van der Waals surface area contributed by atoms with E-state index in [1.165, 1.54) is 5.56 Å². The molecule has 0 radical (unpaired) electrons. The minimum Gasteiger partial charge on any atom is -0.481 e. The van der Waals surface area contributed by atoms with E-state index in [2.05, 4.69) is 34.9 Å². The molecule has 0 spiro atoms. The third-order valence-electron chi connectivity index (χ3n) is 3.68. The van der Waals surface area contributed by atoms with Crippen molar-refractivity contribution in [2.75, 3.05) is 13.1 Å². The predicted molar refractivity (Wildman–Crippen MR) is 75.6 cm³/mol. The topological polar surface area (TPSA) is 78.4 Å². The van der Waals surface area contributed by atoms with Crippen LogP contribution in [0.2, 0.25) is 0 Å². The predicted octanol–water partition coefficient (Wildman–Crippen LogP) is 1.95. The number of carboxylic acids is 1. The standard InChI is InChI=1S/C15H20N2O3/c18-14(19)6-7-16-15(20)17-10-11-8-13(9-11)12-4-2-1-3-5-12/h1-5,11,13H,6-10H2,(H,18,19)(H2,16,17,20). The molecule has 1 aliphatic rings. The van der Waals surface area contributed by atoms with Gasteiger partial charge in [0, 0.05) is 13.1 Å². The Kier molecular flexibility index (Phi) is 4.98. The highest BCUT2D eigenvalue weighted by Gasteiger charge is 2.30. The Bertz CT molecular complexity index is 455. The Hall–Kier alpha value is -2.04. The summed E-state index contributed by atoms with van der Waals surface area (Å²) in [6.45, 7) is 0.820. The molecule has 0 unspecified atom stereocenters. The third kappa shape index (κ3) is 4.26. The van der Waals surface area contributed by atoms with E-state index in [0.29, 0.717) is 18.4 Å². The molecular weight excluding hydrogens is 256 g/mol. The monoisotopic (exact) mass is 276 g/mol. The first-order valence-electron chi connectivity index (χ1n) is 6.93. The molecule has 1 aromatic rings. The van der Waals surface area contributed by atoms with Gasteiger partial charge < -0.3 is 15.7 Å². The fourth-order valence-corrected chi connectivity index (χ4v) is 2.48. The number of rotatable bonds is 6. The molecule has 0 bridgehead atoms. The molecule has 5 heteroatoms. The van der Waals surface area contributed by atoms with Crippen molar-refractivity contribution in [2.24, 2.45) is 5.92 Å². The molecule has 2 amide bonds. The highest BCUT2D eigenvalue weighted by Crippen LogP contribution is 2.40. The number of carbonyl (C=O) groups is 2. The average molecular weight is 276 g/mol. The number of benzene rings is 1. The number of carbonyl (C=O) groups excluding carboxylic acids is 1. The van der Waals surface area contributed by atoms with Crippen LogP contribution in [0.4, 0.5) is 4.79 Å². The highest BCUT2D eigenvalue weighted by atomic mass is 16.4. The normalized spacial score (nSPS) is 20.8. The van der Waals surface area contributed by atoms with Crippen LogP contribution in [0.15, 0.2) is 30.3 Å².